The number of nitrogens with two attached hydrogens (primary N) is 1. The Kier molecular flexibility index (Phi) is 3.56. The standard InChI is InChI=1S/C8H14N2S/c1-7-3-5-11-8(7)2-4-10-6-9/h3,5,10H,2,4,6,9H2,1H3. The van der Waals surface area contributed by atoms with E-state index in [2.05, 4.69) is 23.7 Å². The fourth-order valence-corrected chi connectivity index (χ4v) is 1.87. The van der Waals surface area contributed by atoms with E-state index in [0.29, 0.717) is 6.67 Å². The van der Waals surface area contributed by atoms with Crippen molar-refractivity contribution < 1.29 is 0 Å². The summed E-state index contributed by atoms with van der Waals surface area (Å²) >= 11 is 1.82. The van der Waals surface area contributed by atoms with Crippen molar-refractivity contribution in [2.75, 3.05) is 13.2 Å². The molecule has 1 rings (SSSR count). The molecule has 0 amide bonds. The van der Waals surface area contributed by atoms with Crippen LogP contribution in [0.25, 0.3) is 0 Å². The minimum atomic E-state index is 0.574. The van der Waals surface area contributed by atoms with Gasteiger partial charge < -0.3 is 11.1 Å². The minimum Gasteiger partial charge on any atom is -0.318 e. The van der Waals surface area contributed by atoms with Crippen LogP contribution < -0.4 is 11.1 Å². The molecule has 0 aliphatic rings. The molecule has 3 heteroatoms. The SMILES string of the molecule is Cc1ccsc1CCNCN. The topological polar surface area (TPSA) is 38.0 Å². The summed E-state index contributed by atoms with van der Waals surface area (Å²) in [7, 11) is 0. The highest BCUT2D eigenvalue weighted by Gasteiger charge is 1.97. The summed E-state index contributed by atoms with van der Waals surface area (Å²) < 4.78 is 0. The van der Waals surface area contributed by atoms with E-state index in [1.165, 1.54) is 10.4 Å². The smallest absolute Gasteiger partial charge is 0.0428 e. The van der Waals surface area contributed by atoms with Crippen molar-refractivity contribution in [3.63, 3.8) is 0 Å². The normalized spacial score (nSPS) is 10.4. The Morgan fingerprint density at radius 1 is 1.64 bits per heavy atom. The van der Waals surface area contributed by atoms with Gasteiger partial charge in [-0.1, -0.05) is 0 Å². The van der Waals surface area contributed by atoms with Crippen LogP contribution in [0.4, 0.5) is 0 Å². The molecule has 1 aromatic heterocycles. The van der Waals surface area contributed by atoms with Crippen LogP contribution in [0.1, 0.15) is 10.4 Å². The summed E-state index contributed by atoms with van der Waals surface area (Å²) in [5.41, 5.74) is 6.70. The Hall–Kier alpha value is -0.380. The quantitative estimate of drug-likeness (QED) is 0.524. The van der Waals surface area contributed by atoms with Gasteiger partial charge in [-0.2, -0.15) is 0 Å². The molecule has 2 nitrogen and oxygen atoms in total. The molecular weight excluding hydrogens is 156 g/mol. The molecular formula is C8H14N2S. The van der Waals surface area contributed by atoms with Crippen molar-refractivity contribution in [2.45, 2.75) is 13.3 Å². The first-order valence-corrected chi connectivity index (χ1v) is 4.66. The first-order chi connectivity index (χ1) is 5.34. The summed E-state index contributed by atoms with van der Waals surface area (Å²) in [5, 5.41) is 5.23. The fraction of sp³-hybridized carbons (Fsp3) is 0.500. The predicted molar refractivity (Wildman–Crippen MR) is 49.8 cm³/mol. The Labute approximate surface area is 71.4 Å². The van der Waals surface area contributed by atoms with E-state index in [-0.39, 0.29) is 0 Å². The van der Waals surface area contributed by atoms with E-state index in [1.807, 2.05) is 11.3 Å². The number of rotatable bonds is 4. The van der Waals surface area contributed by atoms with Crippen molar-refractivity contribution in [1.29, 1.82) is 0 Å². The molecule has 0 unspecified atom stereocenters. The van der Waals surface area contributed by atoms with E-state index >= 15 is 0 Å². The van der Waals surface area contributed by atoms with E-state index in [1.54, 1.807) is 0 Å². The Bertz CT molecular complexity index is 208. The fourth-order valence-electron chi connectivity index (χ4n) is 0.964. The highest BCUT2D eigenvalue weighted by Crippen LogP contribution is 2.15. The van der Waals surface area contributed by atoms with Crippen LogP contribution >= 0.6 is 11.3 Å². The zero-order chi connectivity index (χ0) is 8.10. The summed E-state index contributed by atoms with van der Waals surface area (Å²) in [6.07, 6.45) is 1.10. The van der Waals surface area contributed by atoms with Gasteiger partial charge in [-0.3, -0.25) is 0 Å². The van der Waals surface area contributed by atoms with Gasteiger partial charge in [0, 0.05) is 18.1 Å². The average molecular weight is 170 g/mol. The lowest BCUT2D eigenvalue weighted by Gasteiger charge is -1.99. The molecule has 0 atom stereocenters. The van der Waals surface area contributed by atoms with Crippen molar-refractivity contribution in [3.05, 3.63) is 21.9 Å². The zero-order valence-corrected chi connectivity index (χ0v) is 7.58. The molecule has 0 saturated carbocycles. The van der Waals surface area contributed by atoms with Crippen LogP contribution in [0.3, 0.4) is 0 Å². The lowest BCUT2D eigenvalue weighted by Crippen LogP contribution is -2.24. The molecule has 0 fully saturated rings. The second kappa shape index (κ2) is 4.49. The van der Waals surface area contributed by atoms with Crippen LogP contribution in [0.5, 0.6) is 0 Å². The molecule has 1 heterocycles. The molecule has 1 aromatic rings. The zero-order valence-electron chi connectivity index (χ0n) is 6.76. The molecule has 62 valence electrons. The minimum absolute atomic E-state index is 0.574. The van der Waals surface area contributed by atoms with Gasteiger partial charge in [-0.15, -0.1) is 11.3 Å². The monoisotopic (exact) mass is 170 g/mol. The van der Waals surface area contributed by atoms with Gasteiger partial charge in [-0.05, 0) is 30.4 Å². The Balaban J connectivity index is 2.32. The number of thiophene rings is 1. The van der Waals surface area contributed by atoms with Crippen molar-refractivity contribution in [1.82, 2.24) is 5.32 Å². The maximum Gasteiger partial charge on any atom is 0.0428 e. The number of hydrogen-bond donors (Lipinski definition) is 2. The predicted octanol–water partition coefficient (Wildman–Crippen LogP) is 1.10. The second-order valence-electron chi connectivity index (χ2n) is 2.48. The van der Waals surface area contributed by atoms with Crippen LogP contribution in [-0.4, -0.2) is 13.2 Å². The van der Waals surface area contributed by atoms with Crippen molar-refractivity contribution >= 4 is 11.3 Å². The third kappa shape index (κ3) is 2.61. The Morgan fingerprint density at radius 2 is 2.45 bits per heavy atom. The van der Waals surface area contributed by atoms with Crippen molar-refractivity contribution in [3.8, 4) is 0 Å². The van der Waals surface area contributed by atoms with E-state index in [0.717, 1.165) is 13.0 Å². The molecule has 0 saturated heterocycles. The van der Waals surface area contributed by atoms with Gasteiger partial charge in [0.15, 0.2) is 0 Å². The largest absolute Gasteiger partial charge is 0.318 e. The third-order valence-corrected chi connectivity index (χ3v) is 2.72. The molecule has 11 heavy (non-hydrogen) atoms. The van der Waals surface area contributed by atoms with Crippen LogP contribution in [0.2, 0.25) is 0 Å². The molecule has 0 aliphatic heterocycles. The van der Waals surface area contributed by atoms with Crippen LogP contribution in [0, 0.1) is 6.92 Å². The summed E-state index contributed by atoms with van der Waals surface area (Å²) in [6.45, 7) is 3.70. The Morgan fingerprint density at radius 3 is 3.00 bits per heavy atom. The maximum atomic E-state index is 5.30. The molecule has 0 aliphatic carbocycles. The van der Waals surface area contributed by atoms with Gasteiger partial charge in [0.2, 0.25) is 0 Å². The second-order valence-corrected chi connectivity index (χ2v) is 3.48. The summed E-state index contributed by atoms with van der Waals surface area (Å²) in [5.74, 6) is 0. The molecule has 0 aromatic carbocycles. The molecule has 0 bridgehead atoms. The van der Waals surface area contributed by atoms with E-state index < -0.39 is 0 Å². The number of aryl methyl sites for hydroxylation is 1. The summed E-state index contributed by atoms with van der Waals surface area (Å²) in [6, 6.07) is 2.16. The highest BCUT2D eigenvalue weighted by molar-refractivity contribution is 7.10. The number of hydrogen-bond acceptors (Lipinski definition) is 3. The van der Waals surface area contributed by atoms with Crippen LogP contribution in [0.15, 0.2) is 11.4 Å². The van der Waals surface area contributed by atoms with Gasteiger partial charge in [-0.25, -0.2) is 0 Å². The molecule has 0 spiro atoms. The maximum absolute atomic E-state index is 5.30. The first kappa shape index (κ1) is 8.71. The highest BCUT2D eigenvalue weighted by atomic mass is 32.1. The molecule has 3 N–H and O–H groups in total. The van der Waals surface area contributed by atoms with Crippen LogP contribution in [-0.2, 0) is 6.42 Å². The van der Waals surface area contributed by atoms with Gasteiger partial charge in [0.05, 0.1) is 0 Å². The van der Waals surface area contributed by atoms with E-state index in [4.69, 9.17) is 5.73 Å². The van der Waals surface area contributed by atoms with Gasteiger partial charge in [0.1, 0.15) is 0 Å². The molecule has 0 radical (unpaired) electrons. The average Bonchev–Trinajstić information content (AvgIpc) is 2.37. The lowest BCUT2D eigenvalue weighted by molar-refractivity contribution is 0.704. The third-order valence-electron chi connectivity index (χ3n) is 1.64. The first-order valence-electron chi connectivity index (χ1n) is 3.78. The van der Waals surface area contributed by atoms with Gasteiger partial charge >= 0.3 is 0 Å². The lowest BCUT2D eigenvalue weighted by atomic mass is 10.2. The van der Waals surface area contributed by atoms with Crippen molar-refractivity contribution in [2.24, 2.45) is 5.73 Å². The summed E-state index contributed by atoms with van der Waals surface area (Å²) in [4.78, 5) is 1.46. The van der Waals surface area contributed by atoms with E-state index in [9.17, 15) is 0 Å². The number of nitrogens with one attached hydrogen (secondary N) is 1. The van der Waals surface area contributed by atoms with Gasteiger partial charge in [0.25, 0.3) is 0 Å².